The van der Waals surface area contributed by atoms with Crippen molar-refractivity contribution in [1.29, 1.82) is 0 Å². The zero-order chi connectivity index (χ0) is 22.8. The summed E-state index contributed by atoms with van der Waals surface area (Å²) in [5.41, 5.74) is 6.54. The van der Waals surface area contributed by atoms with Crippen LogP contribution < -0.4 is 40.0 Å². The molecule has 0 atom stereocenters. The molecule has 164 valence electrons. The van der Waals surface area contributed by atoms with E-state index in [0.717, 1.165) is 31.7 Å². The maximum absolute atomic E-state index is 11.0. The molecule has 2 N–H and O–H groups in total. The molecule has 4 rings (SSSR count). The molecule has 1 aliphatic heterocycles. The Kier molecular flexibility index (Phi) is 10.8. The van der Waals surface area contributed by atoms with Crippen molar-refractivity contribution in [2.45, 2.75) is 19.3 Å². The predicted octanol–water partition coefficient (Wildman–Crippen LogP) is 1.25. The van der Waals surface area contributed by atoms with E-state index in [0.29, 0.717) is 11.3 Å². The number of nitrogens with zero attached hydrogens (tertiary/aromatic N) is 4. The molecule has 0 saturated carbocycles. The van der Waals surface area contributed by atoms with Gasteiger partial charge in [-0.3, -0.25) is 4.79 Å². The maximum Gasteiger partial charge on any atom is 1.00 e. The SMILES string of the molecule is C=CC(=O)N1CCCCC1.[N-]=C(c1ccc(Oc2ccccc2)cc1)c1[c-]ncnc1N.[Na+]. The molecular formula is C25H25N5NaO2-. The van der Waals surface area contributed by atoms with Gasteiger partial charge in [-0.15, -0.1) is 5.56 Å². The van der Waals surface area contributed by atoms with Crippen molar-refractivity contribution in [3.8, 4) is 11.5 Å². The van der Waals surface area contributed by atoms with Gasteiger partial charge in [-0.2, -0.15) is 0 Å². The molecule has 0 aliphatic carbocycles. The average Bonchev–Trinajstić information content (AvgIpc) is 2.85. The van der Waals surface area contributed by atoms with E-state index >= 15 is 0 Å². The Hall–Kier alpha value is -3.00. The third-order valence-corrected chi connectivity index (χ3v) is 4.87. The largest absolute Gasteiger partial charge is 1.00 e. The summed E-state index contributed by atoms with van der Waals surface area (Å²) in [5.74, 6) is 1.68. The van der Waals surface area contributed by atoms with Gasteiger partial charge in [0.25, 0.3) is 0 Å². The number of ether oxygens (including phenoxy) is 1. The van der Waals surface area contributed by atoms with E-state index in [1.54, 1.807) is 24.3 Å². The number of aromatic nitrogens is 2. The van der Waals surface area contributed by atoms with Gasteiger partial charge < -0.3 is 30.7 Å². The second kappa shape index (κ2) is 13.5. The number of likely N-dealkylation sites (tertiary alicyclic amines) is 1. The van der Waals surface area contributed by atoms with Gasteiger partial charge in [-0.1, -0.05) is 42.5 Å². The standard InChI is InChI=1S/C17H12N4O.C8H13NO.Na/c18-16(15-10-20-11-21-17(15)19)12-6-8-14(9-7-12)22-13-4-2-1-3-5-13;1-2-8(10)9-6-4-3-5-7-9;/h1-9,11H,(H2,19,20,21);2H,1,3-7H2;/q-2;;+1. The number of nitrogen functional groups attached to an aromatic ring is 1. The summed E-state index contributed by atoms with van der Waals surface area (Å²) in [4.78, 5) is 20.4. The first kappa shape index (κ1) is 26.3. The molecule has 1 aromatic heterocycles. The second-order valence-electron chi connectivity index (χ2n) is 7.12. The number of amides is 1. The van der Waals surface area contributed by atoms with Crippen LogP contribution in [0.1, 0.15) is 30.4 Å². The molecule has 8 heteroatoms. The Morgan fingerprint density at radius 2 is 1.70 bits per heavy atom. The summed E-state index contributed by atoms with van der Waals surface area (Å²) in [5, 5.41) is 10.2. The van der Waals surface area contributed by atoms with Crippen LogP contribution >= 0.6 is 0 Å². The molecule has 1 saturated heterocycles. The van der Waals surface area contributed by atoms with Gasteiger partial charge in [0.1, 0.15) is 11.5 Å². The fourth-order valence-corrected chi connectivity index (χ4v) is 3.17. The molecule has 3 aromatic rings. The summed E-state index contributed by atoms with van der Waals surface area (Å²) < 4.78 is 5.69. The monoisotopic (exact) mass is 450 g/mol. The molecule has 7 nitrogen and oxygen atoms in total. The third kappa shape index (κ3) is 7.82. The van der Waals surface area contributed by atoms with Crippen molar-refractivity contribution in [2.75, 3.05) is 18.8 Å². The topological polar surface area (TPSA) is 104 Å². The number of nitrogens with two attached hydrogens (primary N) is 1. The van der Waals surface area contributed by atoms with Crippen LogP contribution in [0.25, 0.3) is 5.41 Å². The molecule has 0 bridgehead atoms. The van der Waals surface area contributed by atoms with E-state index in [4.69, 9.17) is 10.5 Å². The Morgan fingerprint density at radius 1 is 1.06 bits per heavy atom. The van der Waals surface area contributed by atoms with Crippen molar-refractivity contribution in [2.24, 2.45) is 0 Å². The quantitative estimate of drug-likeness (QED) is 0.273. The fourth-order valence-electron chi connectivity index (χ4n) is 3.17. The van der Waals surface area contributed by atoms with Gasteiger partial charge in [0.15, 0.2) is 0 Å². The summed E-state index contributed by atoms with van der Waals surface area (Å²) in [6, 6.07) is 16.4. The van der Waals surface area contributed by atoms with Crippen LogP contribution in [-0.2, 0) is 4.79 Å². The van der Waals surface area contributed by atoms with Crippen LogP contribution in [0.3, 0.4) is 0 Å². The minimum atomic E-state index is -0.0237. The summed E-state index contributed by atoms with van der Waals surface area (Å²) in [7, 11) is 0. The minimum Gasteiger partial charge on any atom is -0.855 e. The van der Waals surface area contributed by atoms with E-state index < -0.39 is 0 Å². The first-order valence-electron chi connectivity index (χ1n) is 10.4. The van der Waals surface area contributed by atoms with Gasteiger partial charge in [0.05, 0.1) is 0 Å². The first-order valence-corrected chi connectivity index (χ1v) is 10.4. The van der Waals surface area contributed by atoms with Crippen LogP contribution in [0.4, 0.5) is 5.82 Å². The minimum absolute atomic E-state index is 0. The number of rotatable bonds is 5. The summed E-state index contributed by atoms with van der Waals surface area (Å²) >= 11 is 0. The maximum atomic E-state index is 11.0. The molecule has 1 amide bonds. The van der Waals surface area contributed by atoms with Crippen LogP contribution in [0.15, 0.2) is 73.6 Å². The Labute approximate surface area is 216 Å². The Bertz CT molecular complexity index is 1050. The Morgan fingerprint density at radius 3 is 2.30 bits per heavy atom. The predicted molar refractivity (Wildman–Crippen MR) is 125 cm³/mol. The Balaban J connectivity index is 0.000000297. The van der Waals surface area contributed by atoms with Crippen molar-refractivity contribution >= 4 is 17.4 Å². The number of carbonyl (C=O) groups is 1. The number of benzene rings is 2. The van der Waals surface area contributed by atoms with Gasteiger partial charge in [-0.25, -0.2) is 5.71 Å². The van der Waals surface area contributed by atoms with Gasteiger partial charge >= 0.3 is 29.6 Å². The molecule has 2 heterocycles. The molecule has 0 radical (unpaired) electrons. The number of hydrogen-bond acceptors (Lipinski definition) is 5. The van der Waals surface area contributed by atoms with Crippen LogP contribution in [-0.4, -0.2) is 39.6 Å². The zero-order valence-corrected chi connectivity index (χ0v) is 20.8. The van der Waals surface area contributed by atoms with Crippen LogP contribution in [0, 0.1) is 6.20 Å². The van der Waals surface area contributed by atoms with Crippen LogP contribution in [0.5, 0.6) is 11.5 Å². The van der Waals surface area contributed by atoms with Crippen molar-refractivity contribution in [3.05, 3.63) is 96.3 Å². The van der Waals surface area contributed by atoms with E-state index in [2.05, 4.69) is 22.7 Å². The average molecular weight is 450 g/mol. The summed E-state index contributed by atoms with van der Waals surface area (Å²) in [6.45, 7) is 5.29. The van der Waals surface area contributed by atoms with Crippen LogP contribution in [0.2, 0.25) is 0 Å². The number of piperidine rings is 1. The van der Waals surface area contributed by atoms with E-state index in [-0.39, 0.29) is 52.6 Å². The fraction of sp³-hybridized carbons (Fsp3) is 0.200. The van der Waals surface area contributed by atoms with E-state index in [9.17, 15) is 10.2 Å². The molecule has 1 aliphatic rings. The van der Waals surface area contributed by atoms with Gasteiger partial charge in [-0.05, 0) is 55.8 Å². The van der Waals surface area contributed by atoms with E-state index in [1.807, 2.05) is 35.2 Å². The molecule has 1 fully saturated rings. The normalized spacial score (nSPS) is 12.4. The molecule has 2 aromatic carbocycles. The van der Waals surface area contributed by atoms with E-state index in [1.165, 1.54) is 18.8 Å². The number of hydrogen-bond donors (Lipinski definition) is 1. The van der Waals surface area contributed by atoms with Crippen molar-refractivity contribution in [1.82, 2.24) is 14.9 Å². The van der Waals surface area contributed by atoms with Crippen molar-refractivity contribution in [3.63, 3.8) is 0 Å². The van der Waals surface area contributed by atoms with Gasteiger partial charge in [0.2, 0.25) is 5.91 Å². The van der Waals surface area contributed by atoms with Crippen molar-refractivity contribution < 1.29 is 39.1 Å². The molecule has 33 heavy (non-hydrogen) atoms. The molecule has 0 spiro atoms. The first-order chi connectivity index (χ1) is 15.6. The molecule has 0 unspecified atom stereocenters. The smallest absolute Gasteiger partial charge is 0.855 e. The number of para-hydroxylation sites is 1. The second-order valence-corrected chi connectivity index (χ2v) is 7.12. The number of anilines is 1. The molecular weight excluding hydrogens is 425 g/mol. The zero-order valence-electron chi connectivity index (χ0n) is 18.8. The summed E-state index contributed by atoms with van der Waals surface area (Å²) in [6.07, 6.45) is 8.88. The van der Waals surface area contributed by atoms with Gasteiger partial charge in [0, 0.05) is 25.2 Å². The number of carbonyl (C=O) groups excluding carboxylic acids is 1. The third-order valence-electron chi connectivity index (χ3n) is 4.87.